The van der Waals surface area contributed by atoms with E-state index in [0.717, 1.165) is 20.3 Å². The van der Waals surface area contributed by atoms with Gasteiger partial charge in [-0.25, -0.2) is 4.98 Å². The molecular formula is C16H9ClN2OS. The Kier molecular flexibility index (Phi) is 2.64. The van der Waals surface area contributed by atoms with Gasteiger partial charge < -0.3 is 5.73 Å². The molecule has 0 aliphatic heterocycles. The van der Waals surface area contributed by atoms with E-state index in [9.17, 15) is 4.79 Å². The maximum Gasteiger partial charge on any atom is 0.196 e. The maximum absolute atomic E-state index is 12.9. The molecule has 0 spiro atoms. The smallest absolute Gasteiger partial charge is 0.196 e. The number of nitrogens with zero attached hydrogens (tertiary/aromatic N) is 1. The van der Waals surface area contributed by atoms with Gasteiger partial charge in [0.2, 0.25) is 0 Å². The number of rotatable bonds is 0. The predicted molar refractivity (Wildman–Crippen MR) is 90.3 cm³/mol. The molecule has 0 aliphatic carbocycles. The molecule has 0 radical (unpaired) electrons. The van der Waals surface area contributed by atoms with Gasteiger partial charge in [0.05, 0.1) is 15.6 Å². The van der Waals surface area contributed by atoms with E-state index in [-0.39, 0.29) is 5.43 Å². The highest BCUT2D eigenvalue weighted by atomic mass is 35.5. The molecule has 4 aromatic rings. The molecule has 2 heterocycles. The first kappa shape index (κ1) is 12.6. The van der Waals surface area contributed by atoms with Crippen molar-refractivity contribution in [2.75, 3.05) is 5.73 Å². The summed E-state index contributed by atoms with van der Waals surface area (Å²) >= 11 is 7.49. The summed E-state index contributed by atoms with van der Waals surface area (Å²) in [7, 11) is 0. The van der Waals surface area contributed by atoms with Crippen LogP contribution in [0.3, 0.4) is 0 Å². The molecule has 2 N–H and O–H groups in total. The Balaban J connectivity index is 2.37. The molecule has 3 nitrogen and oxygen atoms in total. The molecule has 0 amide bonds. The topological polar surface area (TPSA) is 56.0 Å². The Hall–Kier alpha value is -2.17. The monoisotopic (exact) mass is 312 g/mol. The second-order valence-corrected chi connectivity index (χ2v) is 6.28. The van der Waals surface area contributed by atoms with E-state index in [1.807, 2.05) is 30.3 Å². The lowest BCUT2D eigenvalue weighted by Crippen LogP contribution is -2.04. The molecular weight excluding hydrogens is 304 g/mol. The quantitative estimate of drug-likeness (QED) is 0.391. The van der Waals surface area contributed by atoms with Crippen LogP contribution >= 0.6 is 22.9 Å². The van der Waals surface area contributed by atoms with Crippen molar-refractivity contribution in [1.82, 2.24) is 4.98 Å². The van der Waals surface area contributed by atoms with E-state index in [4.69, 9.17) is 17.3 Å². The third kappa shape index (κ3) is 1.80. The van der Waals surface area contributed by atoms with E-state index in [1.54, 1.807) is 12.1 Å². The number of pyridine rings is 1. The summed E-state index contributed by atoms with van der Waals surface area (Å²) in [4.78, 5) is 17.3. The first-order valence-corrected chi connectivity index (χ1v) is 7.55. The van der Waals surface area contributed by atoms with Gasteiger partial charge in [-0.3, -0.25) is 4.79 Å². The normalized spacial score (nSPS) is 11.5. The minimum Gasteiger partial charge on any atom is -0.382 e. The van der Waals surface area contributed by atoms with E-state index in [0.29, 0.717) is 21.6 Å². The third-order valence-corrected chi connectivity index (χ3v) is 4.93. The molecule has 0 atom stereocenters. The van der Waals surface area contributed by atoms with Crippen LogP contribution in [0.25, 0.3) is 31.1 Å². The van der Waals surface area contributed by atoms with E-state index in [2.05, 4.69) is 4.98 Å². The lowest BCUT2D eigenvalue weighted by atomic mass is 10.1. The highest BCUT2D eigenvalue weighted by molar-refractivity contribution is 7.25. The summed E-state index contributed by atoms with van der Waals surface area (Å²) in [6.45, 7) is 0. The molecule has 0 aliphatic rings. The van der Waals surface area contributed by atoms with Crippen LogP contribution in [0.5, 0.6) is 0 Å². The van der Waals surface area contributed by atoms with Crippen LogP contribution in [-0.2, 0) is 0 Å². The zero-order valence-electron chi connectivity index (χ0n) is 10.8. The molecule has 0 saturated carbocycles. The largest absolute Gasteiger partial charge is 0.382 e. The summed E-state index contributed by atoms with van der Waals surface area (Å²) < 4.78 is 1.59. The van der Waals surface area contributed by atoms with Gasteiger partial charge in [-0.05, 0) is 24.3 Å². The van der Waals surface area contributed by atoms with Gasteiger partial charge in [0.15, 0.2) is 5.43 Å². The standard InChI is InChI=1S/C16H9ClN2OS/c17-8-5-6-12-10(7-8)14(20)13-9-3-1-2-4-11(9)19-16(18)15(13)21-12/h1-7H,(H2,18,19). The fraction of sp³-hybridized carbons (Fsp3) is 0. The van der Waals surface area contributed by atoms with Gasteiger partial charge in [0, 0.05) is 20.5 Å². The van der Waals surface area contributed by atoms with E-state index < -0.39 is 0 Å². The van der Waals surface area contributed by atoms with Gasteiger partial charge in [0.25, 0.3) is 0 Å². The molecule has 0 unspecified atom stereocenters. The van der Waals surface area contributed by atoms with Crippen molar-refractivity contribution in [2.24, 2.45) is 0 Å². The van der Waals surface area contributed by atoms with Gasteiger partial charge in [-0.1, -0.05) is 29.8 Å². The van der Waals surface area contributed by atoms with Crippen LogP contribution in [0.1, 0.15) is 0 Å². The van der Waals surface area contributed by atoms with Gasteiger partial charge in [-0.2, -0.15) is 0 Å². The lowest BCUT2D eigenvalue weighted by molar-refractivity contribution is 1.45. The number of nitrogen functional groups attached to an aromatic ring is 1. The Morgan fingerprint density at radius 2 is 1.90 bits per heavy atom. The molecule has 21 heavy (non-hydrogen) atoms. The first-order valence-electron chi connectivity index (χ1n) is 6.35. The minimum atomic E-state index is -0.0495. The van der Waals surface area contributed by atoms with Crippen LogP contribution in [0.15, 0.2) is 47.3 Å². The minimum absolute atomic E-state index is 0.0495. The van der Waals surface area contributed by atoms with Crippen molar-refractivity contribution in [3.63, 3.8) is 0 Å². The van der Waals surface area contributed by atoms with Crippen molar-refractivity contribution in [3.05, 3.63) is 57.7 Å². The van der Waals surface area contributed by atoms with Crippen LogP contribution < -0.4 is 11.2 Å². The zero-order chi connectivity index (χ0) is 14.6. The van der Waals surface area contributed by atoms with Crippen molar-refractivity contribution >= 4 is 59.8 Å². The van der Waals surface area contributed by atoms with Crippen LogP contribution in [0.2, 0.25) is 5.02 Å². The predicted octanol–water partition coefficient (Wildman–Crippen LogP) is 4.20. The van der Waals surface area contributed by atoms with Crippen molar-refractivity contribution < 1.29 is 0 Å². The van der Waals surface area contributed by atoms with Gasteiger partial charge in [0.1, 0.15) is 5.82 Å². The van der Waals surface area contributed by atoms with Gasteiger partial charge >= 0.3 is 0 Å². The highest BCUT2D eigenvalue weighted by Gasteiger charge is 2.13. The van der Waals surface area contributed by atoms with Crippen LogP contribution in [-0.4, -0.2) is 4.98 Å². The molecule has 2 aromatic carbocycles. The number of para-hydroxylation sites is 1. The molecule has 0 bridgehead atoms. The van der Waals surface area contributed by atoms with Gasteiger partial charge in [-0.15, -0.1) is 11.3 Å². The van der Waals surface area contributed by atoms with E-state index >= 15 is 0 Å². The molecule has 0 fully saturated rings. The number of fused-ring (bicyclic) bond motifs is 4. The SMILES string of the molecule is Nc1nc2ccccc2c2c(=O)c3cc(Cl)ccc3sc12. The number of benzene rings is 2. The molecule has 102 valence electrons. The molecule has 4 rings (SSSR count). The Morgan fingerprint density at radius 3 is 2.76 bits per heavy atom. The molecule has 2 aromatic heterocycles. The summed E-state index contributed by atoms with van der Waals surface area (Å²) in [5.41, 5.74) is 6.73. The summed E-state index contributed by atoms with van der Waals surface area (Å²) in [5.74, 6) is 0.391. The van der Waals surface area contributed by atoms with Crippen LogP contribution in [0.4, 0.5) is 5.82 Å². The Labute approximate surface area is 128 Å². The second kappa shape index (κ2) is 4.41. The van der Waals surface area contributed by atoms with E-state index in [1.165, 1.54) is 11.3 Å². The second-order valence-electron chi connectivity index (χ2n) is 4.79. The van der Waals surface area contributed by atoms with Crippen molar-refractivity contribution in [2.45, 2.75) is 0 Å². The number of anilines is 1. The van der Waals surface area contributed by atoms with Crippen LogP contribution in [0, 0.1) is 0 Å². The number of halogens is 1. The lowest BCUT2D eigenvalue weighted by Gasteiger charge is -2.07. The Bertz CT molecular complexity index is 1090. The fourth-order valence-electron chi connectivity index (χ4n) is 2.56. The van der Waals surface area contributed by atoms with Crippen molar-refractivity contribution in [1.29, 1.82) is 0 Å². The number of hydrogen-bond acceptors (Lipinski definition) is 4. The summed E-state index contributed by atoms with van der Waals surface area (Å²) in [6.07, 6.45) is 0. The fourth-order valence-corrected chi connectivity index (χ4v) is 3.80. The Morgan fingerprint density at radius 1 is 1.10 bits per heavy atom. The number of hydrogen-bond donors (Lipinski definition) is 1. The average Bonchev–Trinajstić information content (AvgIpc) is 2.48. The van der Waals surface area contributed by atoms with Crippen molar-refractivity contribution in [3.8, 4) is 0 Å². The number of aromatic nitrogens is 1. The highest BCUT2D eigenvalue weighted by Crippen LogP contribution is 2.33. The first-order chi connectivity index (χ1) is 10.1. The summed E-state index contributed by atoms with van der Waals surface area (Å²) in [5, 5.41) is 2.62. The zero-order valence-corrected chi connectivity index (χ0v) is 12.3. The number of nitrogens with two attached hydrogens (primary N) is 1. The maximum atomic E-state index is 12.9. The third-order valence-electron chi connectivity index (χ3n) is 3.50. The molecule has 0 saturated heterocycles. The summed E-state index contributed by atoms with van der Waals surface area (Å²) in [6, 6.07) is 12.9. The average molecular weight is 313 g/mol. The molecule has 5 heteroatoms.